The van der Waals surface area contributed by atoms with Gasteiger partial charge in [-0.25, -0.2) is 18.3 Å². The summed E-state index contributed by atoms with van der Waals surface area (Å²) >= 11 is 2.16. The van der Waals surface area contributed by atoms with Gasteiger partial charge in [0.1, 0.15) is 63.7 Å². The molecule has 0 bridgehead atoms. The molecule has 5 aromatic heterocycles. The van der Waals surface area contributed by atoms with Crippen molar-refractivity contribution < 1.29 is 22.8 Å². The fourth-order valence-corrected chi connectivity index (χ4v) is 31.2. The van der Waals surface area contributed by atoms with Gasteiger partial charge in [-0.1, -0.05) is 206 Å². The molecule has 0 radical (unpaired) electrons. The van der Waals surface area contributed by atoms with Gasteiger partial charge in [0.15, 0.2) is 0 Å². The predicted molar refractivity (Wildman–Crippen MR) is 513 cm³/mol. The number of hydrogen-bond donors (Lipinski definition) is 0. The Kier molecular flexibility index (Phi) is 22.9. The summed E-state index contributed by atoms with van der Waals surface area (Å²) < 4.78 is 13.6. The minimum absolute atomic E-state index is 0.0164. The predicted octanol–water partition coefficient (Wildman–Crippen LogP) is 16.7. The van der Waals surface area contributed by atoms with Crippen LogP contribution in [0.15, 0.2) is 285 Å². The molecule has 0 saturated carbocycles. The Morgan fingerprint density at radius 2 is 0.675 bits per heavy atom. The molecule has 618 valence electrons. The van der Waals surface area contributed by atoms with Gasteiger partial charge in [0.25, 0.3) is 25.3 Å². The number of hydrogen-bond acceptors (Lipinski definition) is 9. The second-order valence-electron chi connectivity index (χ2n) is 36.2. The van der Waals surface area contributed by atoms with Crippen LogP contribution in [-0.4, -0.2) is 77.2 Å². The van der Waals surface area contributed by atoms with E-state index < -0.39 is 16.1 Å². The van der Waals surface area contributed by atoms with E-state index in [0.29, 0.717) is 15.0 Å². The van der Waals surface area contributed by atoms with Crippen molar-refractivity contribution in [2.45, 2.75) is 128 Å². The summed E-state index contributed by atoms with van der Waals surface area (Å²) in [4.78, 5) is 30.9. The molecule has 5 aliphatic heterocycles. The number of aromatic nitrogens is 10. The molecule has 0 saturated heterocycles. The maximum Gasteiger partial charge on any atom is 0.286 e. The second-order valence-corrected chi connectivity index (χ2v) is 48.1. The number of benzene rings is 10. The molecule has 0 unspecified atom stereocenters. The molecule has 0 spiro atoms. The van der Waals surface area contributed by atoms with Gasteiger partial charge in [-0.15, -0.1) is 0 Å². The maximum atomic E-state index is 4.29. The summed E-state index contributed by atoms with van der Waals surface area (Å²) in [6.07, 6.45) is 18.8. The van der Waals surface area contributed by atoms with Crippen molar-refractivity contribution in [1.82, 2.24) is 24.9 Å². The minimum atomic E-state index is -1.84. The first kappa shape index (κ1) is 84.9. The van der Waals surface area contributed by atoms with E-state index in [4.69, 9.17) is 0 Å². The van der Waals surface area contributed by atoms with Crippen LogP contribution in [0.2, 0.25) is 26.2 Å². The van der Waals surface area contributed by atoms with Crippen LogP contribution in [0.25, 0.3) is 56.3 Å². The molecule has 10 heterocycles. The third-order valence-electron chi connectivity index (χ3n) is 26.6. The van der Waals surface area contributed by atoms with E-state index in [2.05, 4.69) is 426 Å². The van der Waals surface area contributed by atoms with Gasteiger partial charge >= 0.3 is 150 Å². The SMILES string of the molecule is Cc1ccc2c(c1-c1ccnc[n+]1C)N(C)c1ccccc1C2(C)C.Cc1ccc2c(c1-c1ccnc[n+]1C)N(C)c1ccccc1S2.Cc1ccc2c(c1-c1ccnc[n+]1C)N(C)c1ccccc1[Si]2(C)C.Cc1ccc2c(c1-c1ccnc[n+]1C)[Se]c1ccccc1C2(C)C.Cc1ccc2c(c1-c1ccnc[n+]1C)[Si](C)(C)c1ccccc1C2(C)C. The molecular formula is C106H114N13SSeSi2+5. The van der Waals surface area contributed by atoms with Gasteiger partial charge in [0.05, 0.1) is 50.9 Å². The summed E-state index contributed by atoms with van der Waals surface area (Å²) in [6.45, 7) is 35.1. The third kappa shape index (κ3) is 14.8. The Morgan fingerprint density at radius 3 is 1.23 bits per heavy atom. The minimum Gasteiger partial charge on any atom is -0.233 e. The van der Waals surface area contributed by atoms with Crippen LogP contribution in [0.1, 0.15) is 103 Å². The van der Waals surface area contributed by atoms with E-state index in [1.54, 1.807) is 10.4 Å². The molecule has 10 aromatic carbocycles. The van der Waals surface area contributed by atoms with Gasteiger partial charge in [-0.05, 0) is 118 Å². The van der Waals surface area contributed by atoms with Crippen molar-refractivity contribution in [3.8, 4) is 56.3 Å². The zero-order valence-electron chi connectivity index (χ0n) is 75.6. The number of para-hydroxylation sites is 3. The first-order valence-electron chi connectivity index (χ1n) is 42.5. The Balaban J connectivity index is 0.000000114. The molecule has 0 amide bonds. The van der Waals surface area contributed by atoms with Crippen LogP contribution >= 0.6 is 11.8 Å². The zero-order valence-corrected chi connectivity index (χ0v) is 80.1. The van der Waals surface area contributed by atoms with Crippen molar-refractivity contribution in [3.63, 3.8) is 0 Å². The Hall–Kier alpha value is -11.7. The van der Waals surface area contributed by atoms with Crippen LogP contribution in [0.4, 0.5) is 34.1 Å². The number of rotatable bonds is 5. The molecule has 13 nitrogen and oxygen atoms in total. The van der Waals surface area contributed by atoms with E-state index in [-0.39, 0.29) is 16.2 Å². The summed E-state index contributed by atoms with van der Waals surface area (Å²) in [7, 11) is 13.3. The van der Waals surface area contributed by atoms with E-state index in [1.165, 1.54) is 181 Å². The van der Waals surface area contributed by atoms with Crippen LogP contribution in [0.3, 0.4) is 0 Å². The molecule has 5 aliphatic rings. The van der Waals surface area contributed by atoms with Crippen LogP contribution < -0.4 is 67.2 Å². The Morgan fingerprint density at radius 1 is 0.301 bits per heavy atom. The van der Waals surface area contributed by atoms with Crippen molar-refractivity contribution in [3.05, 3.63) is 336 Å². The van der Waals surface area contributed by atoms with Crippen molar-refractivity contribution in [2.75, 3.05) is 35.8 Å². The Labute approximate surface area is 740 Å². The van der Waals surface area contributed by atoms with Crippen LogP contribution in [-0.2, 0) is 51.5 Å². The van der Waals surface area contributed by atoms with Gasteiger partial charge in [0, 0.05) is 99.7 Å². The standard InChI is InChI=1S/C23H27N2Si.C22H24N3.C21H24N3Si.C21H21N2Se.C19H18N3S/c1-16-11-12-18-22(21(16)19-13-14-24-15-25(19)4)26(5,6)20-10-8-7-9-17(20)23(18,2)3;1-15-10-11-17-21(20(15)19-12-13-23-14-24(19)4)25(5)18-9-7-6-8-16(18)22(17,2)3;1-15-10-11-19-21(20(15)17-12-13-22-14-23(17)2)24(3)16-8-6-7-9-18(16)25(19,4)5;1-14-9-10-16-20(19(14)17-11-12-22-13-23(17)4)24-18-8-6-5-7-15(18)21(16,2)3;1-13-8-9-17-19(18(13)15-10-11-20-12-21(15)2)22(3)14-6-4-5-7-16(14)23-17/h7-15H,1-6H3;2*6-14H,1-5H3;5-13H,1-4H3;4-12H,1-3H3/q5*+1. The molecule has 17 heteroatoms. The number of anilines is 6. The zero-order chi connectivity index (χ0) is 87.1. The number of fused-ring (bicyclic) bond motifs is 10. The first-order valence-corrected chi connectivity index (χ1v) is 51.1. The normalized spacial score (nSPS) is 14.8. The average Bonchev–Trinajstić information content (AvgIpc) is 0.706. The van der Waals surface area contributed by atoms with E-state index >= 15 is 0 Å². The largest absolute Gasteiger partial charge is 0.286 e. The molecular weight excluding hydrogens is 1620 g/mol. The molecule has 0 aliphatic carbocycles. The second kappa shape index (κ2) is 33.2. The summed E-state index contributed by atoms with van der Waals surface area (Å²) in [6, 6.07) is 77.7. The maximum absolute atomic E-state index is 4.29. The van der Waals surface area contributed by atoms with Crippen molar-refractivity contribution >= 4 is 107 Å². The third-order valence-corrected chi connectivity index (χ3v) is 37.3. The van der Waals surface area contributed by atoms with Crippen molar-refractivity contribution in [1.29, 1.82) is 0 Å². The molecule has 0 atom stereocenters. The fourth-order valence-electron chi connectivity index (χ4n) is 19.8. The monoisotopic (exact) mass is 1740 g/mol. The van der Waals surface area contributed by atoms with Crippen molar-refractivity contribution in [2.24, 2.45) is 35.2 Å². The molecule has 15 aromatic rings. The Bertz CT molecular complexity index is 6510. The van der Waals surface area contributed by atoms with Gasteiger partial charge in [-0.2, -0.15) is 0 Å². The number of nitrogens with zero attached hydrogens (tertiary/aromatic N) is 13. The molecule has 0 N–H and O–H groups in total. The van der Waals surface area contributed by atoms with Gasteiger partial charge in [0.2, 0.25) is 0 Å². The molecule has 123 heavy (non-hydrogen) atoms. The number of aryl methyl sites for hydroxylation is 10. The molecule has 20 rings (SSSR count). The molecule has 0 fully saturated rings. The topological polar surface area (TPSA) is 93.6 Å². The van der Waals surface area contributed by atoms with Crippen LogP contribution in [0.5, 0.6) is 0 Å². The average molecular weight is 1740 g/mol. The quantitative estimate of drug-likeness (QED) is 0.123. The summed E-state index contributed by atoms with van der Waals surface area (Å²) in [5.41, 5.74) is 35.8. The summed E-state index contributed by atoms with van der Waals surface area (Å²) in [5.74, 6) is 0. The fraction of sp³-hybridized carbons (Fsp3) is 0.245. The van der Waals surface area contributed by atoms with E-state index in [9.17, 15) is 0 Å². The van der Waals surface area contributed by atoms with E-state index in [1.807, 2.05) is 81.4 Å². The van der Waals surface area contributed by atoms with Crippen LogP contribution in [0, 0.1) is 34.6 Å². The summed E-state index contributed by atoms with van der Waals surface area (Å²) in [5, 5.41) is 6.18. The first-order chi connectivity index (χ1) is 58.8. The van der Waals surface area contributed by atoms with Gasteiger partial charge < -0.3 is 14.7 Å². The van der Waals surface area contributed by atoms with E-state index in [0.717, 1.165) is 0 Å². The van der Waals surface area contributed by atoms with Gasteiger partial charge in [-0.3, -0.25) is 0 Å². The smallest absolute Gasteiger partial charge is 0.233 e.